The lowest BCUT2D eigenvalue weighted by molar-refractivity contribution is 0.185. The second-order valence-electron chi connectivity index (χ2n) is 5.13. The summed E-state index contributed by atoms with van der Waals surface area (Å²) < 4.78 is 5.65. The van der Waals surface area contributed by atoms with Gasteiger partial charge in [-0.25, -0.2) is 9.98 Å². The number of aromatic nitrogens is 1. The maximum atomic E-state index is 8.39. The second-order valence-corrected chi connectivity index (χ2v) is 5.13. The predicted molar refractivity (Wildman–Crippen MR) is 77.6 cm³/mol. The number of rotatable bonds is 6. The molecule has 1 aliphatic heterocycles. The van der Waals surface area contributed by atoms with E-state index in [1.807, 2.05) is 5.48 Å². The van der Waals surface area contributed by atoms with E-state index >= 15 is 0 Å². The summed E-state index contributed by atoms with van der Waals surface area (Å²) in [5.41, 5.74) is 2.51. The van der Waals surface area contributed by atoms with Crippen LogP contribution in [0.2, 0.25) is 0 Å². The predicted octanol–water partition coefficient (Wildman–Crippen LogP) is 1.83. The molecule has 6 heteroatoms. The first-order chi connectivity index (χ1) is 9.78. The number of aliphatic imine (C=N–C) groups is 1. The zero-order valence-electron chi connectivity index (χ0n) is 11.8. The number of ether oxygens (including phenoxy) is 1. The summed E-state index contributed by atoms with van der Waals surface area (Å²) in [5.74, 6) is 1.39. The van der Waals surface area contributed by atoms with Crippen LogP contribution in [-0.4, -0.2) is 48.2 Å². The molecule has 0 saturated carbocycles. The maximum Gasteiger partial charge on any atom is 0.213 e. The van der Waals surface area contributed by atoms with Gasteiger partial charge in [-0.05, 0) is 51.4 Å². The van der Waals surface area contributed by atoms with Gasteiger partial charge in [0.2, 0.25) is 5.88 Å². The number of hydrogen-bond acceptors (Lipinski definition) is 5. The van der Waals surface area contributed by atoms with Crippen LogP contribution in [0.15, 0.2) is 23.3 Å². The highest BCUT2D eigenvalue weighted by Gasteiger charge is 2.16. The first kappa shape index (κ1) is 14.7. The van der Waals surface area contributed by atoms with Crippen molar-refractivity contribution in [3.63, 3.8) is 0 Å². The molecule has 0 radical (unpaired) electrons. The van der Waals surface area contributed by atoms with Gasteiger partial charge in [-0.2, -0.15) is 0 Å². The van der Waals surface area contributed by atoms with E-state index in [1.54, 1.807) is 18.3 Å². The quantitative estimate of drug-likeness (QED) is 0.472. The van der Waals surface area contributed by atoms with E-state index < -0.39 is 0 Å². The number of hydrogen-bond donors (Lipinski definition) is 2. The summed E-state index contributed by atoms with van der Waals surface area (Å²) in [7, 11) is 2.17. The molecule has 0 amide bonds. The second kappa shape index (κ2) is 7.81. The van der Waals surface area contributed by atoms with Crippen LogP contribution in [0.1, 0.15) is 19.3 Å². The van der Waals surface area contributed by atoms with Gasteiger partial charge in [0.05, 0.1) is 18.5 Å². The van der Waals surface area contributed by atoms with Crippen molar-refractivity contribution in [3.8, 4) is 5.88 Å². The molecule has 1 aromatic heterocycles. The minimum atomic E-state index is 0.619. The molecule has 2 heterocycles. The van der Waals surface area contributed by atoms with Crippen LogP contribution in [0.4, 0.5) is 5.69 Å². The van der Waals surface area contributed by atoms with Gasteiger partial charge in [-0.3, -0.25) is 10.7 Å². The lowest BCUT2D eigenvalue weighted by atomic mass is 9.94. The molecule has 6 nitrogen and oxygen atoms in total. The Bertz CT molecular complexity index is 414. The number of nitrogens with one attached hydrogen (secondary N) is 1. The van der Waals surface area contributed by atoms with Gasteiger partial charge in [-0.1, -0.05) is 0 Å². The van der Waals surface area contributed by atoms with Gasteiger partial charge in [0, 0.05) is 6.07 Å². The molecule has 20 heavy (non-hydrogen) atoms. The topological polar surface area (TPSA) is 70.0 Å². The Balaban J connectivity index is 1.70. The first-order valence-electron chi connectivity index (χ1n) is 6.97. The highest BCUT2D eigenvalue weighted by molar-refractivity contribution is 5.59. The van der Waals surface area contributed by atoms with Crippen molar-refractivity contribution in [2.45, 2.75) is 19.3 Å². The number of likely N-dealkylation sites (tertiary alicyclic amines) is 1. The Kier molecular flexibility index (Phi) is 5.76. The van der Waals surface area contributed by atoms with E-state index in [2.05, 4.69) is 21.9 Å². The summed E-state index contributed by atoms with van der Waals surface area (Å²) in [6, 6.07) is 3.59. The van der Waals surface area contributed by atoms with Gasteiger partial charge in [0.15, 0.2) is 0 Å². The van der Waals surface area contributed by atoms with Crippen molar-refractivity contribution in [2.24, 2.45) is 10.9 Å². The summed E-state index contributed by atoms with van der Waals surface area (Å²) in [5, 5.41) is 8.39. The maximum absolute atomic E-state index is 8.39. The summed E-state index contributed by atoms with van der Waals surface area (Å²) in [6.45, 7) is 3.09. The minimum absolute atomic E-state index is 0.619. The highest BCUT2D eigenvalue weighted by Crippen LogP contribution is 2.20. The monoisotopic (exact) mass is 278 g/mol. The highest BCUT2D eigenvalue weighted by atomic mass is 16.5. The lowest BCUT2D eigenvalue weighted by Gasteiger charge is -2.28. The Morgan fingerprint density at radius 1 is 1.50 bits per heavy atom. The van der Waals surface area contributed by atoms with Crippen LogP contribution in [0.3, 0.4) is 0 Å². The van der Waals surface area contributed by atoms with Gasteiger partial charge < -0.3 is 9.64 Å². The zero-order valence-corrected chi connectivity index (χ0v) is 11.8. The number of pyridine rings is 1. The van der Waals surface area contributed by atoms with Crippen LogP contribution in [0.5, 0.6) is 5.88 Å². The molecule has 0 aromatic carbocycles. The van der Waals surface area contributed by atoms with E-state index in [0.29, 0.717) is 18.2 Å². The van der Waals surface area contributed by atoms with E-state index in [4.69, 9.17) is 9.94 Å². The Morgan fingerprint density at radius 3 is 2.95 bits per heavy atom. The summed E-state index contributed by atoms with van der Waals surface area (Å²) in [4.78, 5) is 10.5. The fourth-order valence-corrected chi connectivity index (χ4v) is 2.32. The molecule has 0 spiro atoms. The normalized spacial score (nSPS) is 17.5. The van der Waals surface area contributed by atoms with Crippen molar-refractivity contribution in [1.29, 1.82) is 0 Å². The molecular weight excluding hydrogens is 256 g/mol. The van der Waals surface area contributed by atoms with Crippen LogP contribution < -0.4 is 10.2 Å². The SMILES string of the molecule is CN1CCC(CCOc2ccc(N=CNO)cn2)CC1. The molecule has 1 fully saturated rings. The molecule has 0 bridgehead atoms. The largest absolute Gasteiger partial charge is 0.478 e. The molecule has 1 aliphatic rings. The Labute approximate surface area is 119 Å². The summed E-state index contributed by atoms with van der Waals surface area (Å²) in [6.07, 6.45) is 6.41. The average Bonchev–Trinajstić information content (AvgIpc) is 2.48. The van der Waals surface area contributed by atoms with Gasteiger partial charge in [0.25, 0.3) is 0 Å². The molecule has 0 aliphatic carbocycles. The van der Waals surface area contributed by atoms with Crippen molar-refractivity contribution < 1.29 is 9.94 Å². The van der Waals surface area contributed by atoms with Crippen LogP contribution >= 0.6 is 0 Å². The van der Waals surface area contributed by atoms with E-state index in [-0.39, 0.29) is 0 Å². The van der Waals surface area contributed by atoms with Crippen LogP contribution in [0.25, 0.3) is 0 Å². The molecule has 1 saturated heterocycles. The van der Waals surface area contributed by atoms with E-state index in [1.165, 1.54) is 32.3 Å². The molecule has 2 rings (SSSR count). The summed E-state index contributed by atoms with van der Waals surface area (Å²) >= 11 is 0. The lowest BCUT2D eigenvalue weighted by Crippen LogP contribution is -2.30. The van der Waals surface area contributed by atoms with Crippen molar-refractivity contribution >= 4 is 12.0 Å². The number of piperidine rings is 1. The number of hydroxylamine groups is 1. The first-order valence-corrected chi connectivity index (χ1v) is 6.97. The molecular formula is C14H22N4O2. The molecule has 1 aromatic rings. The third kappa shape index (κ3) is 4.79. The van der Waals surface area contributed by atoms with Crippen molar-refractivity contribution in [2.75, 3.05) is 26.7 Å². The van der Waals surface area contributed by atoms with E-state index in [9.17, 15) is 0 Å². The third-order valence-corrected chi connectivity index (χ3v) is 3.61. The zero-order chi connectivity index (χ0) is 14.2. The number of nitrogens with zero attached hydrogens (tertiary/aromatic N) is 3. The average molecular weight is 278 g/mol. The minimum Gasteiger partial charge on any atom is -0.478 e. The fraction of sp³-hybridized carbons (Fsp3) is 0.571. The Morgan fingerprint density at radius 2 is 2.30 bits per heavy atom. The van der Waals surface area contributed by atoms with Crippen molar-refractivity contribution in [3.05, 3.63) is 18.3 Å². The standard InChI is InChI=1S/C14H22N4O2/c1-18-7-4-12(5-8-18)6-9-20-14-3-2-13(10-15-14)16-11-17-19/h2-3,10-12,19H,4-9H2,1H3,(H,16,17). The van der Waals surface area contributed by atoms with E-state index in [0.717, 1.165) is 12.3 Å². The van der Waals surface area contributed by atoms with Crippen molar-refractivity contribution in [1.82, 2.24) is 15.4 Å². The molecule has 0 atom stereocenters. The van der Waals surface area contributed by atoms with Crippen LogP contribution in [0, 0.1) is 5.92 Å². The van der Waals surface area contributed by atoms with Gasteiger partial charge >= 0.3 is 0 Å². The smallest absolute Gasteiger partial charge is 0.213 e. The third-order valence-electron chi connectivity index (χ3n) is 3.61. The van der Waals surface area contributed by atoms with Gasteiger partial charge in [-0.15, -0.1) is 0 Å². The van der Waals surface area contributed by atoms with Gasteiger partial charge in [0.1, 0.15) is 6.34 Å². The molecule has 2 N–H and O–H groups in total. The van der Waals surface area contributed by atoms with Crippen LogP contribution in [-0.2, 0) is 0 Å². The molecule has 110 valence electrons. The molecule has 0 unspecified atom stereocenters. The Hall–Kier alpha value is -1.66. The fourth-order valence-electron chi connectivity index (χ4n) is 2.32.